The van der Waals surface area contributed by atoms with Crippen LogP contribution in [0.1, 0.15) is 19.3 Å². The van der Waals surface area contributed by atoms with Gasteiger partial charge in [-0.15, -0.1) is 0 Å². The molecule has 0 aromatic heterocycles. The number of urea groups is 1. The minimum Gasteiger partial charge on any atom is -0.370 e. The van der Waals surface area contributed by atoms with Crippen molar-refractivity contribution < 1.29 is 9.59 Å². The molecule has 1 rings (SSSR count). The summed E-state index contributed by atoms with van der Waals surface area (Å²) in [5, 5.41) is 2.71. The molecule has 1 fully saturated rings. The summed E-state index contributed by atoms with van der Waals surface area (Å²) in [7, 11) is 0. The monoisotopic (exact) mass is 185 g/mol. The lowest BCUT2D eigenvalue weighted by Gasteiger charge is -2.12. The highest BCUT2D eigenvalue weighted by Crippen LogP contribution is 2.01. The Morgan fingerprint density at radius 2 is 2.31 bits per heavy atom. The van der Waals surface area contributed by atoms with Crippen LogP contribution < -0.4 is 11.1 Å². The van der Waals surface area contributed by atoms with E-state index in [4.69, 9.17) is 5.73 Å². The zero-order valence-electron chi connectivity index (χ0n) is 7.58. The van der Waals surface area contributed by atoms with Crippen molar-refractivity contribution in [2.24, 2.45) is 5.73 Å². The van der Waals surface area contributed by atoms with Gasteiger partial charge in [0.05, 0.1) is 0 Å². The number of hydrogen-bond donors (Lipinski definition) is 2. The van der Waals surface area contributed by atoms with Gasteiger partial charge in [-0.1, -0.05) is 0 Å². The van der Waals surface area contributed by atoms with Gasteiger partial charge in [0.15, 0.2) is 0 Å². The van der Waals surface area contributed by atoms with Crippen LogP contribution in [-0.2, 0) is 4.79 Å². The topological polar surface area (TPSA) is 75.4 Å². The third-order valence-electron chi connectivity index (χ3n) is 2.05. The van der Waals surface area contributed by atoms with E-state index < -0.39 is 0 Å². The summed E-state index contributed by atoms with van der Waals surface area (Å²) in [5.41, 5.74) is 4.98. The minimum absolute atomic E-state index is 0.000856. The first-order chi connectivity index (χ1) is 6.20. The number of amides is 3. The van der Waals surface area contributed by atoms with Gasteiger partial charge in [-0.3, -0.25) is 4.79 Å². The molecule has 0 bridgehead atoms. The van der Waals surface area contributed by atoms with E-state index in [1.54, 1.807) is 4.90 Å². The van der Waals surface area contributed by atoms with Gasteiger partial charge in [0.25, 0.3) is 0 Å². The molecule has 0 radical (unpaired) electrons. The highest BCUT2D eigenvalue weighted by atomic mass is 16.2. The predicted molar refractivity (Wildman–Crippen MR) is 48.0 cm³/mol. The van der Waals surface area contributed by atoms with Crippen LogP contribution in [0.25, 0.3) is 0 Å². The number of unbranched alkanes of at least 4 members (excludes halogenated alkanes) is 1. The lowest BCUT2D eigenvalue weighted by atomic mass is 10.2. The molecule has 1 aliphatic rings. The number of hydrogen-bond acceptors (Lipinski definition) is 2. The van der Waals surface area contributed by atoms with Gasteiger partial charge in [0.2, 0.25) is 5.91 Å². The first-order valence-corrected chi connectivity index (χ1v) is 4.51. The summed E-state index contributed by atoms with van der Waals surface area (Å²) in [5.74, 6) is -0.272. The summed E-state index contributed by atoms with van der Waals surface area (Å²) in [6.07, 6.45) is 2.02. The Morgan fingerprint density at radius 3 is 2.85 bits per heavy atom. The van der Waals surface area contributed by atoms with Crippen LogP contribution in [0.2, 0.25) is 0 Å². The molecule has 3 amide bonds. The van der Waals surface area contributed by atoms with Crippen molar-refractivity contribution in [2.45, 2.75) is 19.3 Å². The van der Waals surface area contributed by atoms with Crippen molar-refractivity contribution in [3.05, 3.63) is 0 Å². The van der Waals surface area contributed by atoms with Crippen molar-refractivity contribution in [3.8, 4) is 0 Å². The standard InChI is InChI=1S/C8H15N3O2/c9-7(12)3-1-2-5-11-6-4-10-8(11)13/h1-6H2,(H2,9,12)(H,10,13). The lowest BCUT2D eigenvalue weighted by molar-refractivity contribution is -0.118. The third-order valence-corrected chi connectivity index (χ3v) is 2.05. The highest BCUT2D eigenvalue weighted by molar-refractivity contribution is 5.76. The van der Waals surface area contributed by atoms with Crippen LogP contribution in [0.4, 0.5) is 4.79 Å². The van der Waals surface area contributed by atoms with E-state index >= 15 is 0 Å². The maximum atomic E-state index is 11.0. The maximum Gasteiger partial charge on any atom is 0.317 e. The normalized spacial score (nSPS) is 16.0. The first kappa shape index (κ1) is 9.83. The fourth-order valence-corrected chi connectivity index (χ4v) is 1.33. The summed E-state index contributed by atoms with van der Waals surface area (Å²) in [6, 6.07) is -0.000856. The van der Waals surface area contributed by atoms with Gasteiger partial charge in [-0.05, 0) is 12.8 Å². The van der Waals surface area contributed by atoms with Crippen LogP contribution in [0.3, 0.4) is 0 Å². The van der Waals surface area contributed by atoms with Crippen LogP contribution >= 0.6 is 0 Å². The van der Waals surface area contributed by atoms with E-state index in [9.17, 15) is 9.59 Å². The molecule has 5 heteroatoms. The predicted octanol–water partition coefficient (Wildman–Crippen LogP) is -0.333. The molecular formula is C8H15N3O2. The van der Waals surface area contributed by atoms with E-state index in [0.717, 1.165) is 32.5 Å². The van der Waals surface area contributed by atoms with E-state index in [2.05, 4.69) is 5.32 Å². The van der Waals surface area contributed by atoms with E-state index in [1.807, 2.05) is 0 Å². The summed E-state index contributed by atoms with van der Waals surface area (Å²) in [6.45, 7) is 2.23. The molecule has 13 heavy (non-hydrogen) atoms. The molecule has 3 N–H and O–H groups in total. The number of carbonyl (C=O) groups is 2. The Hall–Kier alpha value is -1.26. The van der Waals surface area contributed by atoms with Gasteiger partial charge < -0.3 is 16.0 Å². The molecule has 5 nitrogen and oxygen atoms in total. The Kier molecular flexibility index (Phi) is 3.54. The van der Waals surface area contributed by atoms with Crippen molar-refractivity contribution in [1.82, 2.24) is 10.2 Å². The van der Waals surface area contributed by atoms with E-state index in [-0.39, 0.29) is 11.9 Å². The summed E-state index contributed by atoms with van der Waals surface area (Å²) in [4.78, 5) is 23.2. The Labute approximate surface area is 77.3 Å². The largest absolute Gasteiger partial charge is 0.370 e. The molecule has 0 aromatic carbocycles. The zero-order chi connectivity index (χ0) is 9.68. The molecule has 0 aromatic rings. The third kappa shape index (κ3) is 3.31. The Bertz CT molecular complexity index is 206. The second kappa shape index (κ2) is 4.69. The van der Waals surface area contributed by atoms with E-state index in [1.165, 1.54) is 0 Å². The fourth-order valence-electron chi connectivity index (χ4n) is 1.33. The Balaban J connectivity index is 2.05. The molecule has 0 aliphatic carbocycles. The van der Waals surface area contributed by atoms with Crippen molar-refractivity contribution in [1.29, 1.82) is 0 Å². The first-order valence-electron chi connectivity index (χ1n) is 4.51. The quantitative estimate of drug-likeness (QED) is 0.575. The number of nitrogens with one attached hydrogen (secondary N) is 1. The number of nitrogens with zero attached hydrogens (tertiary/aromatic N) is 1. The average Bonchev–Trinajstić information content (AvgIpc) is 2.45. The second-order valence-electron chi connectivity index (χ2n) is 3.14. The number of nitrogens with two attached hydrogens (primary N) is 1. The zero-order valence-corrected chi connectivity index (χ0v) is 7.58. The average molecular weight is 185 g/mol. The van der Waals surface area contributed by atoms with Crippen molar-refractivity contribution >= 4 is 11.9 Å². The molecule has 0 saturated carbocycles. The minimum atomic E-state index is -0.272. The molecule has 0 unspecified atom stereocenters. The van der Waals surface area contributed by atoms with Crippen LogP contribution in [0.5, 0.6) is 0 Å². The SMILES string of the molecule is NC(=O)CCCCN1CCNC1=O. The fraction of sp³-hybridized carbons (Fsp3) is 0.750. The lowest BCUT2D eigenvalue weighted by Crippen LogP contribution is -2.29. The van der Waals surface area contributed by atoms with Gasteiger partial charge in [-0.2, -0.15) is 0 Å². The molecule has 0 atom stereocenters. The van der Waals surface area contributed by atoms with Gasteiger partial charge in [-0.25, -0.2) is 4.79 Å². The molecule has 1 heterocycles. The molecular weight excluding hydrogens is 170 g/mol. The van der Waals surface area contributed by atoms with E-state index in [0.29, 0.717) is 6.42 Å². The van der Waals surface area contributed by atoms with Crippen molar-refractivity contribution in [3.63, 3.8) is 0 Å². The summed E-state index contributed by atoms with van der Waals surface area (Å²) < 4.78 is 0. The maximum absolute atomic E-state index is 11.0. The van der Waals surface area contributed by atoms with Crippen LogP contribution in [0.15, 0.2) is 0 Å². The van der Waals surface area contributed by atoms with Crippen molar-refractivity contribution in [2.75, 3.05) is 19.6 Å². The second-order valence-corrected chi connectivity index (χ2v) is 3.14. The van der Waals surface area contributed by atoms with Crippen LogP contribution in [-0.4, -0.2) is 36.5 Å². The van der Waals surface area contributed by atoms with Crippen LogP contribution in [0, 0.1) is 0 Å². The summed E-state index contributed by atoms with van der Waals surface area (Å²) >= 11 is 0. The molecule has 1 aliphatic heterocycles. The highest BCUT2D eigenvalue weighted by Gasteiger charge is 2.17. The van der Waals surface area contributed by atoms with Gasteiger partial charge in [0.1, 0.15) is 0 Å². The molecule has 74 valence electrons. The smallest absolute Gasteiger partial charge is 0.317 e. The molecule has 1 saturated heterocycles. The molecule has 0 spiro atoms. The van der Waals surface area contributed by atoms with Gasteiger partial charge >= 0.3 is 6.03 Å². The number of primary amides is 1. The number of carbonyl (C=O) groups excluding carboxylic acids is 2. The number of rotatable bonds is 5. The van der Waals surface area contributed by atoms with Gasteiger partial charge in [0, 0.05) is 26.1 Å². The Morgan fingerprint density at radius 1 is 1.54 bits per heavy atom.